The van der Waals surface area contributed by atoms with Crippen LogP contribution in [0.4, 0.5) is 5.69 Å². The average molecular weight is 474 g/mol. The number of aromatic nitrogens is 3. The van der Waals surface area contributed by atoms with E-state index in [1.165, 1.54) is 0 Å². The lowest BCUT2D eigenvalue weighted by atomic mass is 10.1. The molecule has 180 valence electrons. The molecule has 1 amide bonds. The van der Waals surface area contributed by atoms with Crippen molar-refractivity contribution in [3.8, 4) is 17.1 Å². The summed E-state index contributed by atoms with van der Waals surface area (Å²) in [5.74, 6) is 1.44. The van der Waals surface area contributed by atoms with Gasteiger partial charge in [-0.2, -0.15) is 4.98 Å². The number of ether oxygens (including phenoxy) is 1. The Balaban J connectivity index is 1.19. The first-order valence-electron chi connectivity index (χ1n) is 11.6. The number of hydrogen-bond acceptors (Lipinski definition) is 7. The molecule has 0 atom stereocenters. The molecule has 1 N–H and O–H groups in total. The molecule has 5 rings (SSSR count). The minimum atomic E-state index is -0.278. The molecule has 0 saturated carbocycles. The fourth-order valence-electron chi connectivity index (χ4n) is 4.41. The van der Waals surface area contributed by atoms with Crippen molar-refractivity contribution in [2.75, 3.05) is 38.2 Å². The van der Waals surface area contributed by atoms with Crippen LogP contribution < -0.4 is 15.2 Å². The summed E-state index contributed by atoms with van der Waals surface area (Å²) in [5.41, 5.74) is 2.93. The molecule has 1 aliphatic heterocycles. The molecule has 1 saturated heterocycles. The second kappa shape index (κ2) is 9.61. The predicted octanol–water partition coefficient (Wildman–Crippen LogP) is 3.18. The van der Waals surface area contributed by atoms with Crippen molar-refractivity contribution in [1.82, 2.24) is 20.0 Å². The predicted molar refractivity (Wildman–Crippen MR) is 133 cm³/mol. The van der Waals surface area contributed by atoms with E-state index in [2.05, 4.69) is 20.0 Å². The van der Waals surface area contributed by atoms with Gasteiger partial charge in [-0.15, -0.1) is 0 Å². The Labute approximate surface area is 202 Å². The zero-order valence-corrected chi connectivity index (χ0v) is 19.8. The van der Waals surface area contributed by atoms with Gasteiger partial charge in [0.2, 0.25) is 17.6 Å². The summed E-state index contributed by atoms with van der Waals surface area (Å²) < 4.78 is 10.8. The first kappa shape index (κ1) is 22.6. The van der Waals surface area contributed by atoms with E-state index in [0.29, 0.717) is 31.0 Å². The van der Waals surface area contributed by atoms with Gasteiger partial charge >= 0.3 is 0 Å². The Bertz CT molecular complexity index is 1420. The molecule has 1 aliphatic rings. The van der Waals surface area contributed by atoms with Gasteiger partial charge in [0.25, 0.3) is 5.56 Å². The highest BCUT2D eigenvalue weighted by Crippen LogP contribution is 2.28. The van der Waals surface area contributed by atoms with Crippen LogP contribution in [0.2, 0.25) is 0 Å². The second-order valence-electron chi connectivity index (χ2n) is 8.65. The van der Waals surface area contributed by atoms with E-state index in [0.717, 1.165) is 41.0 Å². The van der Waals surface area contributed by atoms with Crippen LogP contribution in [-0.4, -0.2) is 59.2 Å². The van der Waals surface area contributed by atoms with Crippen LogP contribution in [0, 0.1) is 6.92 Å². The van der Waals surface area contributed by atoms with Crippen molar-refractivity contribution < 1.29 is 14.1 Å². The van der Waals surface area contributed by atoms with Crippen LogP contribution in [0.3, 0.4) is 0 Å². The van der Waals surface area contributed by atoms with Crippen molar-refractivity contribution in [2.45, 2.75) is 19.8 Å². The number of nitrogens with one attached hydrogen (secondary N) is 1. The second-order valence-corrected chi connectivity index (χ2v) is 8.65. The molecule has 35 heavy (non-hydrogen) atoms. The number of anilines is 1. The largest absolute Gasteiger partial charge is 0.495 e. The number of piperazine rings is 1. The Morgan fingerprint density at radius 1 is 1.11 bits per heavy atom. The number of aryl methyl sites for hydroxylation is 2. The van der Waals surface area contributed by atoms with Crippen molar-refractivity contribution in [1.29, 1.82) is 0 Å². The maximum atomic E-state index is 12.8. The highest BCUT2D eigenvalue weighted by atomic mass is 16.5. The van der Waals surface area contributed by atoms with Gasteiger partial charge in [0.1, 0.15) is 5.75 Å². The third-order valence-corrected chi connectivity index (χ3v) is 6.32. The van der Waals surface area contributed by atoms with E-state index in [-0.39, 0.29) is 23.7 Å². The van der Waals surface area contributed by atoms with E-state index >= 15 is 0 Å². The number of methoxy groups -OCH3 is 1. The van der Waals surface area contributed by atoms with Crippen molar-refractivity contribution in [2.24, 2.45) is 0 Å². The summed E-state index contributed by atoms with van der Waals surface area (Å²) in [6, 6.07) is 15.5. The van der Waals surface area contributed by atoms with E-state index in [9.17, 15) is 9.59 Å². The third kappa shape index (κ3) is 4.75. The van der Waals surface area contributed by atoms with E-state index < -0.39 is 0 Å². The number of aromatic amines is 1. The minimum Gasteiger partial charge on any atom is -0.495 e. The number of para-hydroxylation sites is 2. The summed E-state index contributed by atoms with van der Waals surface area (Å²) in [6.45, 7) is 4.72. The lowest BCUT2D eigenvalue weighted by Crippen LogP contribution is -2.48. The SMILES string of the molecule is COc1ccccc1N1CCN(C(=O)CCc2nc(-c3cc4ccc(C)cc4[nH]c3=O)no2)CC1. The van der Waals surface area contributed by atoms with Gasteiger partial charge in [-0.3, -0.25) is 9.59 Å². The Morgan fingerprint density at radius 2 is 1.91 bits per heavy atom. The zero-order chi connectivity index (χ0) is 24.4. The smallest absolute Gasteiger partial charge is 0.259 e. The number of carbonyl (C=O) groups excluding carboxylic acids is 1. The minimum absolute atomic E-state index is 0.0448. The normalized spacial score (nSPS) is 13.9. The molecule has 9 heteroatoms. The highest BCUT2D eigenvalue weighted by molar-refractivity contribution is 5.83. The number of fused-ring (bicyclic) bond motifs is 1. The zero-order valence-electron chi connectivity index (χ0n) is 19.8. The molecule has 2 aromatic carbocycles. The van der Waals surface area contributed by atoms with Gasteiger partial charge in [-0.1, -0.05) is 29.4 Å². The summed E-state index contributed by atoms with van der Waals surface area (Å²) >= 11 is 0. The lowest BCUT2D eigenvalue weighted by molar-refractivity contribution is -0.131. The van der Waals surface area contributed by atoms with Gasteiger partial charge < -0.3 is 24.0 Å². The number of benzene rings is 2. The molecule has 0 aliphatic carbocycles. The maximum Gasteiger partial charge on any atom is 0.259 e. The number of nitrogens with zero attached hydrogens (tertiary/aromatic N) is 4. The molecule has 0 spiro atoms. The Kier molecular flexibility index (Phi) is 6.22. The molecular weight excluding hydrogens is 446 g/mol. The van der Waals surface area contributed by atoms with Gasteiger partial charge in [0.05, 0.1) is 18.4 Å². The van der Waals surface area contributed by atoms with Gasteiger partial charge in [-0.05, 0) is 42.1 Å². The fourth-order valence-corrected chi connectivity index (χ4v) is 4.41. The molecule has 9 nitrogen and oxygen atoms in total. The van der Waals surface area contributed by atoms with E-state index in [1.54, 1.807) is 13.2 Å². The molecular formula is C26H27N5O4. The first-order chi connectivity index (χ1) is 17.0. The number of amides is 1. The molecule has 4 aromatic rings. The Hall–Kier alpha value is -4.14. The van der Waals surface area contributed by atoms with Crippen molar-refractivity contribution in [3.63, 3.8) is 0 Å². The quantitative estimate of drug-likeness (QED) is 0.459. The van der Waals surface area contributed by atoms with Crippen LogP contribution in [0.1, 0.15) is 17.9 Å². The van der Waals surface area contributed by atoms with E-state index in [4.69, 9.17) is 9.26 Å². The first-order valence-corrected chi connectivity index (χ1v) is 11.6. The third-order valence-electron chi connectivity index (χ3n) is 6.32. The standard InChI is InChI=1S/C26H27N5O4/c1-17-7-8-18-16-19(26(33)27-20(18)15-17)25-28-23(35-29-25)9-10-24(32)31-13-11-30(12-14-31)21-5-3-4-6-22(21)34-2/h3-8,15-16H,9-14H2,1-2H3,(H,27,33). The molecule has 1 fully saturated rings. The summed E-state index contributed by atoms with van der Waals surface area (Å²) in [7, 11) is 1.67. The Morgan fingerprint density at radius 3 is 2.71 bits per heavy atom. The van der Waals surface area contributed by atoms with Crippen LogP contribution in [0.15, 0.2) is 57.8 Å². The van der Waals surface area contributed by atoms with Gasteiger partial charge in [0, 0.05) is 44.5 Å². The summed E-state index contributed by atoms with van der Waals surface area (Å²) in [6.07, 6.45) is 0.590. The molecule has 0 unspecified atom stereocenters. The molecule has 3 heterocycles. The topological polar surface area (TPSA) is 105 Å². The van der Waals surface area contributed by atoms with E-state index in [1.807, 2.05) is 54.3 Å². The monoisotopic (exact) mass is 473 g/mol. The van der Waals surface area contributed by atoms with Crippen molar-refractivity contribution >= 4 is 22.5 Å². The maximum absolute atomic E-state index is 12.8. The van der Waals surface area contributed by atoms with Crippen LogP contribution in [-0.2, 0) is 11.2 Å². The number of H-pyrrole nitrogens is 1. The van der Waals surface area contributed by atoms with Crippen LogP contribution in [0.5, 0.6) is 5.75 Å². The molecule has 0 radical (unpaired) electrons. The number of hydrogen-bond donors (Lipinski definition) is 1. The number of rotatable bonds is 6. The highest BCUT2D eigenvalue weighted by Gasteiger charge is 2.23. The van der Waals surface area contributed by atoms with Gasteiger partial charge in [-0.25, -0.2) is 0 Å². The van der Waals surface area contributed by atoms with Crippen LogP contribution >= 0.6 is 0 Å². The average Bonchev–Trinajstić information content (AvgIpc) is 3.35. The lowest BCUT2D eigenvalue weighted by Gasteiger charge is -2.36. The number of pyridine rings is 1. The molecule has 2 aromatic heterocycles. The van der Waals surface area contributed by atoms with Gasteiger partial charge in [0.15, 0.2) is 0 Å². The van der Waals surface area contributed by atoms with Crippen molar-refractivity contribution in [3.05, 3.63) is 70.3 Å². The summed E-state index contributed by atoms with van der Waals surface area (Å²) in [4.78, 5) is 36.7. The molecule has 0 bridgehead atoms. The summed E-state index contributed by atoms with van der Waals surface area (Å²) in [5, 5.41) is 4.86. The van der Waals surface area contributed by atoms with Crippen LogP contribution in [0.25, 0.3) is 22.3 Å². The number of carbonyl (C=O) groups is 1. The fraction of sp³-hybridized carbons (Fsp3) is 0.308.